The van der Waals surface area contributed by atoms with E-state index in [2.05, 4.69) is 0 Å². The minimum atomic E-state index is -4.97. The number of hydrogen-bond acceptors (Lipinski definition) is 4. The Morgan fingerprint density at radius 2 is 2.04 bits per heavy atom. The Bertz CT molecular complexity index is 731. The first kappa shape index (κ1) is 19.0. The van der Waals surface area contributed by atoms with Gasteiger partial charge in [-0.05, 0) is 12.5 Å². The van der Waals surface area contributed by atoms with Gasteiger partial charge >= 0.3 is 12.1 Å². The molecule has 7 nitrogen and oxygen atoms in total. The number of carboxylic acid groups (broad SMARTS) is 1. The van der Waals surface area contributed by atoms with E-state index in [4.69, 9.17) is 9.84 Å². The summed E-state index contributed by atoms with van der Waals surface area (Å²) in [4.78, 5) is 36.2. The number of halogens is 3. The maximum Gasteiger partial charge on any atom is 0.406 e. The summed E-state index contributed by atoms with van der Waals surface area (Å²) in [6.45, 7) is -0.890. The van der Waals surface area contributed by atoms with Crippen molar-refractivity contribution in [3.63, 3.8) is 0 Å². The summed E-state index contributed by atoms with van der Waals surface area (Å²) in [6, 6.07) is 2.34. The van der Waals surface area contributed by atoms with Crippen molar-refractivity contribution >= 4 is 11.9 Å². The van der Waals surface area contributed by atoms with Gasteiger partial charge in [0.05, 0.1) is 12.2 Å². The van der Waals surface area contributed by atoms with Gasteiger partial charge < -0.3 is 19.3 Å². The second-order valence-electron chi connectivity index (χ2n) is 5.80. The molecule has 0 aromatic carbocycles. The van der Waals surface area contributed by atoms with E-state index in [1.807, 2.05) is 0 Å². The van der Waals surface area contributed by atoms with E-state index < -0.39 is 36.4 Å². The van der Waals surface area contributed by atoms with Crippen molar-refractivity contribution in [2.24, 2.45) is 5.41 Å². The van der Waals surface area contributed by atoms with Crippen LogP contribution >= 0.6 is 0 Å². The number of aliphatic carboxylic acids is 1. The van der Waals surface area contributed by atoms with Crippen LogP contribution in [0, 0.1) is 5.41 Å². The molecule has 0 saturated carbocycles. The summed E-state index contributed by atoms with van der Waals surface area (Å²) in [5.41, 5.74) is -3.34. The number of carboxylic acids is 1. The zero-order chi connectivity index (χ0) is 18.8. The van der Waals surface area contributed by atoms with Crippen LogP contribution in [0.5, 0.6) is 0 Å². The lowest BCUT2D eigenvalue weighted by Gasteiger charge is -2.27. The third-order valence-corrected chi connectivity index (χ3v) is 4.28. The van der Waals surface area contributed by atoms with Gasteiger partial charge in [-0.15, -0.1) is 0 Å². The number of rotatable bonds is 5. The molecule has 1 fully saturated rings. The van der Waals surface area contributed by atoms with Gasteiger partial charge in [-0.3, -0.25) is 14.4 Å². The highest BCUT2D eigenvalue weighted by Crippen LogP contribution is 2.45. The highest BCUT2D eigenvalue weighted by Gasteiger charge is 2.64. The van der Waals surface area contributed by atoms with Gasteiger partial charge in [-0.2, -0.15) is 13.2 Å². The lowest BCUT2D eigenvalue weighted by molar-refractivity contribution is -0.227. The Balaban J connectivity index is 2.25. The van der Waals surface area contributed by atoms with Gasteiger partial charge in [-0.25, -0.2) is 0 Å². The molecule has 1 atom stereocenters. The number of hydrogen-bond donors (Lipinski definition) is 1. The number of nitrogens with zero attached hydrogens (tertiary/aromatic N) is 2. The van der Waals surface area contributed by atoms with Gasteiger partial charge in [0.2, 0.25) is 0 Å². The van der Waals surface area contributed by atoms with Crippen molar-refractivity contribution in [3.8, 4) is 0 Å². The number of alkyl halides is 3. The van der Waals surface area contributed by atoms with E-state index in [9.17, 15) is 27.6 Å². The third-order valence-electron chi connectivity index (χ3n) is 4.28. The van der Waals surface area contributed by atoms with E-state index >= 15 is 0 Å². The normalized spacial score (nSPS) is 20.7. The number of likely N-dealkylation sites (tertiary alicyclic amines) is 1. The first-order valence-corrected chi connectivity index (χ1v) is 7.41. The van der Waals surface area contributed by atoms with Crippen molar-refractivity contribution in [3.05, 3.63) is 34.2 Å². The number of carbonyl (C=O) groups is 2. The van der Waals surface area contributed by atoms with Crippen molar-refractivity contribution in [1.82, 2.24) is 9.47 Å². The lowest BCUT2D eigenvalue weighted by atomic mass is 9.86. The van der Waals surface area contributed by atoms with Crippen molar-refractivity contribution < 1.29 is 32.6 Å². The van der Waals surface area contributed by atoms with E-state index in [1.54, 1.807) is 0 Å². The predicted octanol–water partition coefficient (Wildman–Crippen LogP) is 0.974. The predicted molar refractivity (Wildman–Crippen MR) is 79.2 cm³/mol. The van der Waals surface area contributed by atoms with E-state index in [0.717, 1.165) is 11.0 Å². The largest absolute Gasteiger partial charge is 0.481 e. The molecular weight excluding hydrogens is 345 g/mol. The van der Waals surface area contributed by atoms with Crippen LogP contribution in [-0.4, -0.2) is 59.4 Å². The number of carbonyl (C=O) groups excluding carboxylic acids is 1. The Hall–Kier alpha value is -2.36. The molecule has 0 radical (unpaired) electrons. The molecule has 1 saturated heterocycles. The molecule has 1 unspecified atom stereocenters. The number of pyridine rings is 1. The maximum absolute atomic E-state index is 13.2. The third kappa shape index (κ3) is 3.53. The summed E-state index contributed by atoms with van der Waals surface area (Å²) in [6.07, 6.45) is -4.44. The Kier molecular flexibility index (Phi) is 5.21. The van der Waals surface area contributed by atoms with Crippen molar-refractivity contribution in [2.45, 2.75) is 19.1 Å². The number of ether oxygens (including phenoxy) is 1. The van der Waals surface area contributed by atoms with Crippen LogP contribution in [0.25, 0.3) is 0 Å². The monoisotopic (exact) mass is 362 g/mol. The van der Waals surface area contributed by atoms with Gasteiger partial charge in [0.15, 0.2) is 5.41 Å². The molecule has 1 aliphatic rings. The first-order valence-electron chi connectivity index (χ1n) is 7.41. The quantitative estimate of drug-likeness (QED) is 0.843. The highest BCUT2D eigenvalue weighted by molar-refractivity contribution is 5.94. The van der Waals surface area contributed by atoms with Gasteiger partial charge in [0.1, 0.15) is 0 Å². The second-order valence-corrected chi connectivity index (χ2v) is 5.80. The van der Waals surface area contributed by atoms with Crippen LogP contribution in [0.3, 0.4) is 0 Å². The molecule has 2 heterocycles. The summed E-state index contributed by atoms with van der Waals surface area (Å²) in [5.74, 6) is -2.75. The zero-order valence-corrected chi connectivity index (χ0v) is 13.4. The molecule has 1 N–H and O–H groups in total. The summed E-state index contributed by atoms with van der Waals surface area (Å²) >= 11 is 0. The zero-order valence-electron chi connectivity index (χ0n) is 13.4. The fourth-order valence-corrected chi connectivity index (χ4v) is 2.72. The SMILES string of the molecule is COCCn1cc(C(=O)N2CCC(C(=O)O)(C(F)(F)F)C2)ccc1=O. The first-order chi connectivity index (χ1) is 11.6. The Morgan fingerprint density at radius 1 is 1.36 bits per heavy atom. The molecule has 1 aromatic heterocycles. The summed E-state index contributed by atoms with van der Waals surface area (Å²) < 4.78 is 45.6. The van der Waals surface area contributed by atoms with E-state index in [1.165, 1.54) is 23.9 Å². The highest BCUT2D eigenvalue weighted by atomic mass is 19.4. The average molecular weight is 362 g/mol. The van der Waals surface area contributed by atoms with Crippen LogP contribution in [0.1, 0.15) is 16.8 Å². The van der Waals surface area contributed by atoms with Crippen LogP contribution in [-0.2, 0) is 16.1 Å². The fourth-order valence-electron chi connectivity index (χ4n) is 2.72. The Morgan fingerprint density at radius 3 is 2.56 bits per heavy atom. The average Bonchev–Trinajstić information content (AvgIpc) is 3.00. The van der Waals surface area contributed by atoms with Crippen LogP contribution < -0.4 is 5.56 Å². The molecule has 1 aliphatic heterocycles. The molecule has 2 rings (SSSR count). The molecule has 10 heteroatoms. The van der Waals surface area contributed by atoms with Gasteiger partial charge in [0, 0.05) is 39.0 Å². The second kappa shape index (κ2) is 6.87. The van der Waals surface area contributed by atoms with E-state index in [-0.39, 0.29) is 30.8 Å². The van der Waals surface area contributed by atoms with Crippen molar-refractivity contribution in [1.29, 1.82) is 0 Å². The van der Waals surface area contributed by atoms with Gasteiger partial charge in [0.25, 0.3) is 11.5 Å². The fraction of sp³-hybridized carbons (Fsp3) is 0.533. The minimum absolute atomic E-state index is 0.0130. The molecule has 0 aliphatic carbocycles. The molecule has 0 spiro atoms. The smallest absolute Gasteiger partial charge is 0.406 e. The number of amides is 1. The molecule has 0 bridgehead atoms. The number of aromatic nitrogens is 1. The van der Waals surface area contributed by atoms with E-state index in [0.29, 0.717) is 0 Å². The van der Waals surface area contributed by atoms with Crippen LogP contribution in [0.15, 0.2) is 23.1 Å². The molecule has 25 heavy (non-hydrogen) atoms. The molecule has 1 aromatic rings. The lowest BCUT2D eigenvalue weighted by Crippen LogP contribution is -2.47. The minimum Gasteiger partial charge on any atom is -0.481 e. The standard InChI is InChI=1S/C15H17F3N2O5/c1-25-7-6-19-8-10(2-3-11(19)21)12(22)20-5-4-14(9-20,13(23)24)15(16,17)18/h2-3,8H,4-7,9H2,1H3,(H,23,24). The number of methoxy groups -OCH3 is 1. The summed E-state index contributed by atoms with van der Waals surface area (Å²) in [7, 11) is 1.44. The van der Waals surface area contributed by atoms with Crippen molar-refractivity contribution in [2.75, 3.05) is 26.8 Å². The van der Waals surface area contributed by atoms with Gasteiger partial charge in [-0.1, -0.05) is 0 Å². The molecule has 138 valence electrons. The van der Waals surface area contributed by atoms with Crippen LogP contribution in [0.4, 0.5) is 13.2 Å². The maximum atomic E-state index is 13.2. The molecular formula is C15H17F3N2O5. The molecule has 1 amide bonds. The topological polar surface area (TPSA) is 88.8 Å². The summed E-state index contributed by atoms with van der Waals surface area (Å²) in [5, 5.41) is 9.03. The Labute approximate surface area is 140 Å². The van der Waals surface area contributed by atoms with Crippen LogP contribution in [0.2, 0.25) is 0 Å².